The first-order chi connectivity index (χ1) is 8.89. The largest absolute Gasteiger partial charge is 0.485 e. The summed E-state index contributed by atoms with van der Waals surface area (Å²) in [5.74, 6) is 0.357. The molecule has 19 heavy (non-hydrogen) atoms. The molecule has 1 aliphatic carbocycles. The molecule has 0 aliphatic heterocycles. The van der Waals surface area contributed by atoms with Gasteiger partial charge in [-0.1, -0.05) is 29.3 Å². The Labute approximate surface area is 122 Å². The second-order valence-corrected chi connectivity index (χ2v) is 6.54. The first-order valence-corrected chi connectivity index (χ1v) is 8.04. The highest BCUT2D eigenvalue weighted by atomic mass is 35.5. The predicted molar refractivity (Wildman–Crippen MR) is 75.2 cm³/mol. The summed E-state index contributed by atoms with van der Waals surface area (Å²) >= 11 is 11.9. The summed E-state index contributed by atoms with van der Waals surface area (Å²) in [6.07, 6.45) is 6.91. The number of allylic oxidation sites excluding steroid dienone is 1. The van der Waals surface area contributed by atoms with Crippen LogP contribution < -0.4 is 9.88 Å². The second-order valence-electron chi connectivity index (χ2n) is 4.25. The minimum atomic E-state index is -3.89. The number of nitrogens with two attached hydrogens (primary N) is 1. The summed E-state index contributed by atoms with van der Waals surface area (Å²) in [5.41, 5.74) is 0. The van der Waals surface area contributed by atoms with Crippen LogP contribution in [0.5, 0.6) is 5.75 Å². The second kappa shape index (κ2) is 5.71. The molecule has 1 aromatic rings. The molecule has 1 atom stereocenters. The fourth-order valence-corrected chi connectivity index (χ4v) is 3.22. The molecule has 2 N–H and O–H groups in total. The number of halogens is 2. The van der Waals surface area contributed by atoms with Gasteiger partial charge in [-0.25, -0.2) is 13.6 Å². The third kappa shape index (κ3) is 3.42. The minimum absolute atomic E-state index is 0.0622. The van der Waals surface area contributed by atoms with E-state index in [9.17, 15) is 8.42 Å². The summed E-state index contributed by atoms with van der Waals surface area (Å²) in [6.45, 7) is 0. The summed E-state index contributed by atoms with van der Waals surface area (Å²) < 4.78 is 28.3. The standard InChI is InChI=1S/C12H13Cl2NO3S/c13-11-9(18-8-4-2-1-3-5-8)6-7-10(12(11)14)19(15,16)17/h2,4,6-8H,1,3,5H2,(H2,15,16,17). The Hall–Kier alpha value is -0.750. The van der Waals surface area contributed by atoms with Gasteiger partial charge in [0.2, 0.25) is 10.0 Å². The number of sulfonamides is 1. The molecule has 7 heteroatoms. The van der Waals surface area contributed by atoms with Crippen LogP contribution in [-0.2, 0) is 10.0 Å². The highest BCUT2D eigenvalue weighted by Crippen LogP contribution is 2.37. The lowest BCUT2D eigenvalue weighted by molar-refractivity contribution is 0.230. The van der Waals surface area contributed by atoms with Gasteiger partial charge in [-0.15, -0.1) is 0 Å². The Kier molecular flexibility index (Phi) is 4.40. The Bertz CT molecular complexity index is 614. The average Bonchev–Trinajstić information content (AvgIpc) is 2.35. The van der Waals surface area contributed by atoms with Crippen molar-refractivity contribution >= 4 is 33.2 Å². The average molecular weight is 322 g/mol. The van der Waals surface area contributed by atoms with E-state index < -0.39 is 10.0 Å². The molecule has 104 valence electrons. The van der Waals surface area contributed by atoms with Crippen LogP contribution in [0.25, 0.3) is 0 Å². The predicted octanol–water partition coefficient (Wildman–Crippen LogP) is 3.13. The van der Waals surface area contributed by atoms with Crippen molar-refractivity contribution in [3.63, 3.8) is 0 Å². The molecule has 0 bridgehead atoms. The van der Waals surface area contributed by atoms with E-state index in [-0.39, 0.29) is 21.0 Å². The van der Waals surface area contributed by atoms with E-state index in [1.807, 2.05) is 12.2 Å². The molecule has 1 unspecified atom stereocenters. The van der Waals surface area contributed by atoms with Crippen molar-refractivity contribution in [2.75, 3.05) is 0 Å². The van der Waals surface area contributed by atoms with Gasteiger partial charge in [0.25, 0.3) is 0 Å². The number of ether oxygens (including phenoxy) is 1. The van der Waals surface area contributed by atoms with E-state index >= 15 is 0 Å². The van der Waals surface area contributed by atoms with Crippen molar-refractivity contribution in [3.05, 3.63) is 34.3 Å². The lowest BCUT2D eigenvalue weighted by Crippen LogP contribution is -2.17. The van der Waals surface area contributed by atoms with Gasteiger partial charge in [-0.3, -0.25) is 0 Å². The summed E-state index contributed by atoms with van der Waals surface area (Å²) in [7, 11) is -3.89. The van der Waals surface area contributed by atoms with Crippen LogP contribution in [0, 0.1) is 0 Å². The summed E-state index contributed by atoms with van der Waals surface area (Å²) in [5, 5.41) is 4.99. The van der Waals surface area contributed by atoms with E-state index in [4.69, 9.17) is 33.1 Å². The molecular weight excluding hydrogens is 309 g/mol. The molecule has 1 aromatic carbocycles. The maximum absolute atomic E-state index is 11.3. The van der Waals surface area contributed by atoms with Crippen molar-refractivity contribution in [1.82, 2.24) is 0 Å². The van der Waals surface area contributed by atoms with Gasteiger partial charge in [0.15, 0.2) is 0 Å². The Morgan fingerprint density at radius 3 is 2.58 bits per heavy atom. The van der Waals surface area contributed by atoms with Gasteiger partial charge < -0.3 is 4.74 Å². The minimum Gasteiger partial charge on any atom is -0.485 e. The molecule has 0 saturated heterocycles. The topological polar surface area (TPSA) is 69.4 Å². The van der Waals surface area contributed by atoms with Crippen molar-refractivity contribution < 1.29 is 13.2 Å². The first kappa shape index (κ1) is 14.7. The van der Waals surface area contributed by atoms with E-state index in [2.05, 4.69) is 0 Å². The van der Waals surface area contributed by atoms with Crippen molar-refractivity contribution in [1.29, 1.82) is 0 Å². The fourth-order valence-electron chi connectivity index (χ4n) is 1.87. The number of benzene rings is 1. The molecule has 4 nitrogen and oxygen atoms in total. The van der Waals surface area contributed by atoms with Crippen LogP contribution in [0.2, 0.25) is 10.0 Å². The quantitative estimate of drug-likeness (QED) is 0.869. The third-order valence-corrected chi connectivity index (χ3v) is 4.74. The summed E-state index contributed by atoms with van der Waals surface area (Å²) in [6, 6.07) is 2.77. The lowest BCUT2D eigenvalue weighted by Gasteiger charge is -2.20. The van der Waals surface area contributed by atoms with E-state index in [1.165, 1.54) is 12.1 Å². The van der Waals surface area contributed by atoms with Gasteiger partial charge in [0.05, 0.1) is 5.02 Å². The van der Waals surface area contributed by atoms with E-state index in [0.29, 0.717) is 5.75 Å². The van der Waals surface area contributed by atoms with Crippen LogP contribution in [0.4, 0.5) is 0 Å². The molecule has 0 heterocycles. The maximum Gasteiger partial charge on any atom is 0.239 e. The van der Waals surface area contributed by atoms with Crippen molar-refractivity contribution in [2.45, 2.75) is 30.3 Å². The van der Waals surface area contributed by atoms with Crippen LogP contribution in [-0.4, -0.2) is 14.5 Å². The van der Waals surface area contributed by atoms with Gasteiger partial charge in [-0.2, -0.15) is 0 Å². The Balaban J connectivity index is 2.31. The molecule has 0 amide bonds. The molecule has 0 fully saturated rings. The number of rotatable bonds is 3. The van der Waals surface area contributed by atoms with Gasteiger partial charge >= 0.3 is 0 Å². The lowest BCUT2D eigenvalue weighted by atomic mass is 10.1. The van der Waals surface area contributed by atoms with Crippen molar-refractivity contribution in [3.8, 4) is 5.75 Å². The first-order valence-electron chi connectivity index (χ1n) is 5.73. The number of hydrogen-bond donors (Lipinski definition) is 1. The van der Waals surface area contributed by atoms with E-state index in [0.717, 1.165) is 19.3 Å². The molecule has 0 saturated carbocycles. The Morgan fingerprint density at radius 1 is 1.26 bits per heavy atom. The van der Waals surface area contributed by atoms with Crippen molar-refractivity contribution in [2.24, 2.45) is 5.14 Å². The molecule has 2 rings (SSSR count). The zero-order chi connectivity index (χ0) is 14.0. The molecule has 0 radical (unpaired) electrons. The van der Waals surface area contributed by atoms with Crippen LogP contribution in [0.15, 0.2) is 29.2 Å². The monoisotopic (exact) mass is 321 g/mol. The molecular formula is C12H13Cl2NO3S. The van der Waals surface area contributed by atoms with Crippen LogP contribution >= 0.6 is 23.2 Å². The highest BCUT2D eigenvalue weighted by molar-refractivity contribution is 7.89. The van der Waals surface area contributed by atoms with E-state index in [1.54, 1.807) is 0 Å². The SMILES string of the molecule is NS(=O)(=O)c1ccc(OC2C=CCCC2)c(Cl)c1Cl. The zero-order valence-corrected chi connectivity index (χ0v) is 12.3. The normalized spacial score (nSPS) is 19.4. The van der Waals surface area contributed by atoms with Crippen LogP contribution in [0.1, 0.15) is 19.3 Å². The smallest absolute Gasteiger partial charge is 0.239 e. The maximum atomic E-state index is 11.3. The molecule has 0 aromatic heterocycles. The zero-order valence-electron chi connectivity index (χ0n) is 9.97. The van der Waals surface area contributed by atoms with Gasteiger partial charge in [0.1, 0.15) is 21.8 Å². The summed E-state index contributed by atoms with van der Waals surface area (Å²) in [4.78, 5) is -0.203. The third-order valence-electron chi connectivity index (χ3n) is 2.81. The molecule has 1 aliphatic rings. The Morgan fingerprint density at radius 2 is 2.00 bits per heavy atom. The van der Waals surface area contributed by atoms with Gasteiger partial charge in [-0.05, 0) is 37.5 Å². The number of hydrogen-bond acceptors (Lipinski definition) is 3. The highest BCUT2D eigenvalue weighted by Gasteiger charge is 2.20. The molecule has 0 spiro atoms. The number of primary sulfonamides is 1. The van der Waals surface area contributed by atoms with Crippen LogP contribution in [0.3, 0.4) is 0 Å². The fraction of sp³-hybridized carbons (Fsp3) is 0.333. The van der Waals surface area contributed by atoms with Gasteiger partial charge in [0, 0.05) is 0 Å².